The summed E-state index contributed by atoms with van der Waals surface area (Å²) in [7, 11) is 0. The van der Waals surface area contributed by atoms with Crippen molar-refractivity contribution >= 4 is 23.2 Å². The molecule has 0 fully saturated rings. The van der Waals surface area contributed by atoms with Crippen LogP contribution in [0.1, 0.15) is 40.0 Å². The van der Waals surface area contributed by atoms with E-state index < -0.39 is 0 Å². The first-order valence-electron chi connectivity index (χ1n) is 5.87. The Hall–Kier alpha value is -0.840. The number of carbonyl (C=O) groups is 1. The summed E-state index contributed by atoms with van der Waals surface area (Å²) in [4.78, 5) is 11.3. The van der Waals surface area contributed by atoms with Gasteiger partial charge in [-0.2, -0.15) is 0 Å². The molecule has 0 rings (SSSR count). The largest absolute Gasteiger partial charge is 0.363 e. The molecule has 3 N–H and O–H groups in total. The van der Waals surface area contributed by atoms with Gasteiger partial charge in [0.2, 0.25) is 5.91 Å². The maximum atomic E-state index is 11.3. The fourth-order valence-electron chi connectivity index (χ4n) is 1.12. The Balaban J connectivity index is 3.43. The lowest BCUT2D eigenvalue weighted by Gasteiger charge is -2.11. The highest BCUT2D eigenvalue weighted by Crippen LogP contribution is 1.84. The van der Waals surface area contributed by atoms with Crippen LogP contribution >= 0.6 is 12.2 Å². The van der Waals surface area contributed by atoms with Crippen molar-refractivity contribution in [1.82, 2.24) is 16.0 Å². The highest BCUT2D eigenvalue weighted by atomic mass is 32.1. The Bertz CT molecular complexity index is 219. The van der Waals surface area contributed by atoms with Gasteiger partial charge in [-0.05, 0) is 32.5 Å². The maximum absolute atomic E-state index is 11.3. The third kappa shape index (κ3) is 9.71. The molecule has 1 amide bonds. The third-order valence-electron chi connectivity index (χ3n) is 1.90. The van der Waals surface area contributed by atoms with Gasteiger partial charge in [0.25, 0.3) is 0 Å². The molecule has 0 atom stereocenters. The summed E-state index contributed by atoms with van der Waals surface area (Å²) in [6.07, 6.45) is 2.70. The average molecular weight is 245 g/mol. The average Bonchev–Trinajstić information content (AvgIpc) is 2.17. The van der Waals surface area contributed by atoms with Gasteiger partial charge in [0, 0.05) is 25.6 Å². The molecular formula is C11H23N3OS. The zero-order valence-electron chi connectivity index (χ0n) is 10.4. The van der Waals surface area contributed by atoms with Crippen molar-refractivity contribution < 1.29 is 4.79 Å². The van der Waals surface area contributed by atoms with Crippen molar-refractivity contribution in [2.75, 3.05) is 13.1 Å². The van der Waals surface area contributed by atoms with Crippen LogP contribution in [0.5, 0.6) is 0 Å². The minimum atomic E-state index is 0.0545. The van der Waals surface area contributed by atoms with Crippen LogP contribution in [0.2, 0.25) is 0 Å². The second-order valence-corrected chi connectivity index (χ2v) is 4.42. The van der Waals surface area contributed by atoms with Crippen molar-refractivity contribution in [3.05, 3.63) is 0 Å². The molecule has 16 heavy (non-hydrogen) atoms. The van der Waals surface area contributed by atoms with Crippen LogP contribution in [0.3, 0.4) is 0 Å². The molecular weight excluding hydrogens is 222 g/mol. The summed E-state index contributed by atoms with van der Waals surface area (Å²) in [5.74, 6) is 0.0545. The van der Waals surface area contributed by atoms with Gasteiger partial charge in [-0.15, -0.1) is 0 Å². The van der Waals surface area contributed by atoms with E-state index in [2.05, 4.69) is 22.9 Å². The van der Waals surface area contributed by atoms with E-state index in [0.717, 1.165) is 19.4 Å². The molecule has 0 aromatic heterocycles. The van der Waals surface area contributed by atoms with E-state index in [1.54, 1.807) is 0 Å². The molecule has 0 aliphatic heterocycles. The molecule has 0 heterocycles. The molecule has 0 aliphatic rings. The number of rotatable bonds is 7. The number of hydrogen-bond acceptors (Lipinski definition) is 2. The van der Waals surface area contributed by atoms with Crippen molar-refractivity contribution in [2.45, 2.75) is 46.1 Å². The number of unbranched alkanes of at least 4 members (excludes halogenated alkanes) is 1. The second-order valence-electron chi connectivity index (χ2n) is 4.01. The summed E-state index contributed by atoms with van der Waals surface area (Å²) in [5, 5.41) is 9.55. The third-order valence-corrected chi connectivity index (χ3v) is 2.19. The molecule has 5 heteroatoms. The number of amides is 1. The van der Waals surface area contributed by atoms with Gasteiger partial charge in [0.05, 0.1) is 0 Å². The summed E-state index contributed by atoms with van der Waals surface area (Å²) in [5.41, 5.74) is 0. The van der Waals surface area contributed by atoms with Crippen LogP contribution in [-0.4, -0.2) is 30.2 Å². The van der Waals surface area contributed by atoms with Gasteiger partial charge in [-0.3, -0.25) is 4.79 Å². The quantitative estimate of drug-likeness (QED) is 0.465. The highest BCUT2D eigenvalue weighted by Gasteiger charge is 2.02. The molecule has 0 saturated heterocycles. The summed E-state index contributed by atoms with van der Waals surface area (Å²) >= 11 is 5.05. The first-order chi connectivity index (χ1) is 7.56. The van der Waals surface area contributed by atoms with E-state index in [1.807, 2.05) is 13.8 Å². The molecule has 0 bridgehead atoms. The van der Waals surface area contributed by atoms with Crippen LogP contribution in [0.15, 0.2) is 0 Å². The number of carbonyl (C=O) groups excluding carboxylic acids is 1. The van der Waals surface area contributed by atoms with Gasteiger partial charge in [-0.1, -0.05) is 13.3 Å². The Morgan fingerprint density at radius 3 is 2.44 bits per heavy atom. The van der Waals surface area contributed by atoms with E-state index >= 15 is 0 Å². The lowest BCUT2D eigenvalue weighted by atomic mass is 10.3. The lowest BCUT2D eigenvalue weighted by molar-refractivity contribution is -0.121. The Kier molecular flexibility index (Phi) is 8.90. The van der Waals surface area contributed by atoms with Crippen LogP contribution in [0.4, 0.5) is 0 Å². The predicted octanol–water partition coefficient (Wildman–Crippen LogP) is 1.17. The summed E-state index contributed by atoms with van der Waals surface area (Å²) < 4.78 is 0. The molecule has 0 unspecified atom stereocenters. The molecule has 4 nitrogen and oxygen atoms in total. The van der Waals surface area contributed by atoms with E-state index in [9.17, 15) is 4.79 Å². The first-order valence-corrected chi connectivity index (χ1v) is 6.28. The minimum absolute atomic E-state index is 0.0545. The Morgan fingerprint density at radius 1 is 1.25 bits per heavy atom. The predicted molar refractivity (Wildman–Crippen MR) is 71.4 cm³/mol. The molecule has 0 aliphatic carbocycles. The number of thiocarbonyl (C=S) groups is 1. The number of nitrogens with one attached hydrogen (secondary N) is 3. The molecule has 94 valence electrons. The smallest absolute Gasteiger partial charge is 0.221 e. The van der Waals surface area contributed by atoms with Crippen molar-refractivity contribution in [3.8, 4) is 0 Å². The van der Waals surface area contributed by atoms with Gasteiger partial charge in [0.1, 0.15) is 0 Å². The van der Waals surface area contributed by atoms with Gasteiger partial charge in [0.15, 0.2) is 5.11 Å². The monoisotopic (exact) mass is 245 g/mol. The van der Waals surface area contributed by atoms with E-state index in [1.165, 1.54) is 0 Å². The van der Waals surface area contributed by atoms with Crippen molar-refractivity contribution in [1.29, 1.82) is 0 Å². The SMILES string of the molecule is CCCCNC(=S)NCCC(=O)NC(C)C. The lowest BCUT2D eigenvalue weighted by Crippen LogP contribution is -2.38. The standard InChI is InChI=1S/C11H23N3OS/c1-4-5-7-12-11(16)13-8-6-10(15)14-9(2)3/h9H,4-8H2,1-3H3,(H,14,15)(H2,12,13,16). The van der Waals surface area contributed by atoms with Crippen LogP contribution in [-0.2, 0) is 4.79 Å². The zero-order valence-corrected chi connectivity index (χ0v) is 11.2. The molecule has 0 saturated carbocycles. The van der Waals surface area contributed by atoms with Gasteiger partial charge in [-0.25, -0.2) is 0 Å². The molecule has 0 aromatic carbocycles. The topological polar surface area (TPSA) is 53.2 Å². The van der Waals surface area contributed by atoms with Gasteiger partial charge < -0.3 is 16.0 Å². The fraction of sp³-hybridized carbons (Fsp3) is 0.818. The minimum Gasteiger partial charge on any atom is -0.363 e. The molecule has 0 radical (unpaired) electrons. The van der Waals surface area contributed by atoms with E-state index in [4.69, 9.17) is 12.2 Å². The van der Waals surface area contributed by atoms with Crippen LogP contribution < -0.4 is 16.0 Å². The Morgan fingerprint density at radius 2 is 1.88 bits per heavy atom. The zero-order chi connectivity index (χ0) is 12.4. The molecule has 0 aromatic rings. The summed E-state index contributed by atoms with van der Waals surface area (Å²) in [6.45, 7) is 7.50. The Labute approximate surface area is 104 Å². The van der Waals surface area contributed by atoms with E-state index in [-0.39, 0.29) is 11.9 Å². The highest BCUT2D eigenvalue weighted by molar-refractivity contribution is 7.80. The van der Waals surface area contributed by atoms with E-state index in [0.29, 0.717) is 18.1 Å². The van der Waals surface area contributed by atoms with Gasteiger partial charge >= 0.3 is 0 Å². The van der Waals surface area contributed by atoms with Crippen molar-refractivity contribution in [2.24, 2.45) is 0 Å². The molecule has 0 spiro atoms. The summed E-state index contributed by atoms with van der Waals surface area (Å²) in [6, 6.07) is 0.196. The van der Waals surface area contributed by atoms with Crippen LogP contribution in [0, 0.1) is 0 Å². The normalized spacial score (nSPS) is 10.0. The number of hydrogen-bond donors (Lipinski definition) is 3. The fourth-order valence-corrected chi connectivity index (χ4v) is 1.33. The van der Waals surface area contributed by atoms with Crippen molar-refractivity contribution in [3.63, 3.8) is 0 Å². The maximum Gasteiger partial charge on any atom is 0.221 e. The first kappa shape index (κ1) is 15.2. The second kappa shape index (κ2) is 9.39. The van der Waals surface area contributed by atoms with Crippen LogP contribution in [0.25, 0.3) is 0 Å².